The van der Waals surface area contributed by atoms with Crippen molar-refractivity contribution >= 4 is 28.8 Å². The van der Waals surface area contributed by atoms with Crippen molar-refractivity contribution in [3.8, 4) is 0 Å². The highest BCUT2D eigenvalue weighted by Gasteiger charge is 2.15. The number of rotatable bonds is 4. The van der Waals surface area contributed by atoms with Gasteiger partial charge in [0.05, 0.1) is 11.0 Å². The van der Waals surface area contributed by atoms with Gasteiger partial charge in [-0.3, -0.25) is 0 Å². The van der Waals surface area contributed by atoms with E-state index in [0.29, 0.717) is 6.54 Å². The van der Waals surface area contributed by atoms with Crippen molar-refractivity contribution in [3.63, 3.8) is 0 Å². The number of urea groups is 1. The normalized spacial score (nSPS) is 15.6. The van der Waals surface area contributed by atoms with Crippen LogP contribution in [0.3, 0.4) is 0 Å². The molecular weight excluding hydrogens is 308 g/mol. The molecule has 6 heteroatoms. The molecule has 2 amide bonds. The predicted octanol–water partition coefficient (Wildman–Crippen LogP) is 2.75. The van der Waals surface area contributed by atoms with E-state index < -0.39 is 0 Å². The molecule has 0 atom stereocenters. The van der Waals surface area contributed by atoms with Crippen LogP contribution in [0.25, 0.3) is 11.0 Å². The number of carbonyl (C=O) groups excluding carboxylic acids is 1. The molecule has 1 N–H and O–H groups in total. The summed E-state index contributed by atoms with van der Waals surface area (Å²) >= 11 is 1.93. The van der Waals surface area contributed by atoms with E-state index in [0.717, 1.165) is 55.3 Å². The Labute approximate surface area is 141 Å². The molecule has 5 nitrogen and oxygen atoms in total. The number of imidazole rings is 1. The molecule has 0 saturated carbocycles. The number of fused-ring (bicyclic) bond motifs is 1. The van der Waals surface area contributed by atoms with Gasteiger partial charge in [-0.05, 0) is 31.2 Å². The van der Waals surface area contributed by atoms with Crippen LogP contribution in [0.15, 0.2) is 24.3 Å². The first-order chi connectivity index (χ1) is 11.3. The Morgan fingerprint density at radius 1 is 1.30 bits per heavy atom. The molecule has 124 valence electrons. The summed E-state index contributed by atoms with van der Waals surface area (Å²) in [7, 11) is 0. The Hall–Kier alpha value is -1.69. The number of aryl methyl sites for hydroxylation is 1. The van der Waals surface area contributed by atoms with Crippen LogP contribution < -0.4 is 5.32 Å². The average Bonchev–Trinajstić information content (AvgIpc) is 2.74. The number of amides is 2. The quantitative estimate of drug-likeness (QED) is 0.936. The van der Waals surface area contributed by atoms with Crippen LogP contribution in [0.2, 0.25) is 0 Å². The lowest BCUT2D eigenvalue weighted by Gasteiger charge is -2.20. The molecule has 0 unspecified atom stereocenters. The Bertz CT molecular complexity index is 662. The van der Waals surface area contributed by atoms with Crippen LogP contribution in [0.1, 0.15) is 19.2 Å². The summed E-state index contributed by atoms with van der Waals surface area (Å²) in [6.07, 6.45) is 1.85. The van der Waals surface area contributed by atoms with Crippen molar-refractivity contribution in [2.45, 2.75) is 26.3 Å². The minimum atomic E-state index is 0.0617. The maximum Gasteiger partial charge on any atom is 0.317 e. The lowest BCUT2D eigenvalue weighted by molar-refractivity contribution is 0.202. The summed E-state index contributed by atoms with van der Waals surface area (Å²) in [5, 5.41) is 3.05. The zero-order valence-electron chi connectivity index (χ0n) is 13.6. The van der Waals surface area contributed by atoms with E-state index in [1.165, 1.54) is 5.52 Å². The third-order valence-corrected chi connectivity index (χ3v) is 5.23. The number of hydrogen-bond donors (Lipinski definition) is 1. The molecule has 3 rings (SSSR count). The highest BCUT2D eigenvalue weighted by atomic mass is 32.2. The third-order valence-electron chi connectivity index (χ3n) is 4.18. The Morgan fingerprint density at radius 2 is 2.17 bits per heavy atom. The van der Waals surface area contributed by atoms with Gasteiger partial charge in [0, 0.05) is 38.4 Å². The number of thioether (sulfide) groups is 1. The zero-order valence-corrected chi connectivity index (χ0v) is 14.4. The van der Waals surface area contributed by atoms with E-state index in [9.17, 15) is 4.79 Å². The molecule has 0 aliphatic carbocycles. The van der Waals surface area contributed by atoms with Crippen molar-refractivity contribution in [2.24, 2.45) is 0 Å². The molecular formula is C17H24N4OS. The molecule has 1 saturated heterocycles. The second-order valence-electron chi connectivity index (χ2n) is 5.70. The van der Waals surface area contributed by atoms with E-state index in [-0.39, 0.29) is 6.03 Å². The Morgan fingerprint density at radius 3 is 3.04 bits per heavy atom. The largest absolute Gasteiger partial charge is 0.338 e. The first-order valence-electron chi connectivity index (χ1n) is 8.34. The van der Waals surface area contributed by atoms with Gasteiger partial charge in [0.25, 0.3) is 0 Å². The van der Waals surface area contributed by atoms with Gasteiger partial charge in [-0.15, -0.1) is 0 Å². The van der Waals surface area contributed by atoms with Crippen LogP contribution in [-0.4, -0.2) is 51.6 Å². The molecule has 1 aromatic carbocycles. The summed E-state index contributed by atoms with van der Waals surface area (Å²) in [4.78, 5) is 18.9. The number of nitrogens with zero attached hydrogens (tertiary/aromatic N) is 3. The summed E-state index contributed by atoms with van der Waals surface area (Å²) in [5.74, 6) is 3.24. The maximum atomic E-state index is 12.2. The SMILES string of the molecule is CCn1c(CCNC(=O)N2CCCSCC2)nc2ccccc21. The standard InChI is InChI=1S/C17H24N4OS/c1-2-21-15-7-4-3-6-14(15)19-16(21)8-9-18-17(22)20-10-5-12-23-13-11-20/h3-4,6-7H,2,5,8-13H2,1H3,(H,18,22). The topological polar surface area (TPSA) is 50.2 Å². The van der Waals surface area contributed by atoms with E-state index >= 15 is 0 Å². The molecule has 1 fully saturated rings. The summed E-state index contributed by atoms with van der Waals surface area (Å²) in [6, 6.07) is 8.25. The minimum absolute atomic E-state index is 0.0617. The number of benzene rings is 1. The molecule has 23 heavy (non-hydrogen) atoms. The Balaban J connectivity index is 1.59. The Kier molecular flexibility index (Phi) is 5.43. The van der Waals surface area contributed by atoms with Crippen molar-refractivity contribution in [3.05, 3.63) is 30.1 Å². The monoisotopic (exact) mass is 332 g/mol. The zero-order chi connectivity index (χ0) is 16.1. The molecule has 0 spiro atoms. The van der Waals surface area contributed by atoms with Crippen LogP contribution in [-0.2, 0) is 13.0 Å². The number of carbonyl (C=O) groups is 1. The minimum Gasteiger partial charge on any atom is -0.338 e. The van der Waals surface area contributed by atoms with Gasteiger partial charge < -0.3 is 14.8 Å². The van der Waals surface area contributed by atoms with Gasteiger partial charge in [-0.2, -0.15) is 11.8 Å². The van der Waals surface area contributed by atoms with Gasteiger partial charge in [-0.25, -0.2) is 9.78 Å². The maximum absolute atomic E-state index is 12.2. The number of nitrogens with one attached hydrogen (secondary N) is 1. The van der Waals surface area contributed by atoms with Crippen LogP contribution in [0.4, 0.5) is 4.79 Å². The highest BCUT2D eigenvalue weighted by molar-refractivity contribution is 7.99. The molecule has 2 aromatic rings. The fraction of sp³-hybridized carbons (Fsp3) is 0.529. The molecule has 0 bridgehead atoms. The third kappa shape index (κ3) is 3.80. The molecule has 1 aliphatic heterocycles. The second kappa shape index (κ2) is 7.73. The fourth-order valence-corrected chi connectivity index (χ4v) is 3.90. The second-order valence-corrected chi connectivity index (χ2v) is 6.92. The molecule has 2 heterocycles. The van der Waals surface area contributed by atoms with Gasteiger partial charge in [-0.1, -0.05) is 12.1 Å². The average molecular weight is 332 g/mol. The lowest BCUT2D eigenvalue weighted by Crippen LogP contribution is -2.42. The van der Waals surface area contributed by atoms with Crippen molar-refractivity contribution in [2.75, 3.05) is 31.1 Å². The number of para-hydroxylation sites is 2. The van der Waals surface area contributed by atoms with Crippen molar-refractivity contribution in [1.82, 2.24) is 19.8 Å². The van der Waals surface area contributed by atoms with E-state index in [2.05, 4.69) is 22.9 Å². The van der Waals surface area contributed by atoms with Gasteiger partial charge in [0.2, 0.25) is 0 Å². The summed E-state index contributed by atoms with van der Waals surface area (Å²) in [6.45, 7) is 5.38. The molecule has 0 radical (unpaired) electrons. The molecule has 1 aliphatic rings. The van der Waals surface area contributed by atoms with Crippen LogP contribution in [0, 0.1) is 0 Å². The first kappa shape index (κ1) is 16.2. The van der Waals surface area contributed by atoms with Gasteiger partial charge in [0.1, 0.15) is 5.82 Å². The summed E-state index contributed by atoms with van der Waals surface area (Å²) in [5.41, 5.74) is 2.20. The van der Waals surface area contributed by atoms with Crippen molar-refractivity contribution in [1.29, 1.82) is 0 Å². The van der Waals surface area contributed by atoms with E-state index in [4.69, 9.17) is 4.98 Å². The lowest BCUT2D eigenvalue weighted by atomic mass is 10.3. The van der Waals surface area contributed by atoms with Crippen molar-refractivity contribution < 1.29 is 4.79 Å². The first-order valence-corrected chi connectivity index (χ1v) is 9.49. The van der Waals surface area contributed by atoms with E-state index in [1.807, 2.05) is 34.9 Å². The van der Waals surface area contributed by atoms with E-state index in [1.54, 1.807) is 0 Å². The fourth-order valence-electron chi connectivity index (χ4n) is 3.01. The predicted molar refractivity (Wildman–Crippen MR) is 96.0 cm³/mol. The highest BCUT2D eigenvalue weighted by Crippen LogP contribution is 2.16. The van der Waals surface area contributed by atoms with Crippen LogP contribution >= 0.6 is 11.8 Å². The van der Waals surface area contributed by atoms with Gasteiger partial charge in [0.15, 0.2) is 0 Å². The van der Waals surface area contributed by atoms with Crippen LogP contribution in [0.5, 0.6) is 0 Å². The smallest absolute Gasteiger partial charge is 0.317 e. The number of hydrogen-bond acceptors (Lipinski definition) is 3. The molecule has 1 aromatic heterocycles. The summed E-state index contributed by atoms with van der Waals surface area (Å²) < 4.78 is 2.23. The van der Waals surface area contributed by atoms with Gasteiger partial charge >= 0.3 is 6.03 Å². The number of aromatic nitrogens is 2.